The molecular formula is C15H10Cl3N3O2. The third kappa shape index (κ3) is 5.25. The molecule has 0 fully saturated rings. The second kappa shape index (κ2) is 7.97. The average Bonchev–Trinajstić information content (AvgIpc) is 2.52. The average molecular weight is 371 g/mol. The summed E-state index contributed by atoms with van der Waals surface area (Å²) in [5, 5.41) is 7.28. The Kier molecular flexibility index (Phi) is 5.98. The number of hydrazone groups is 1. The number of hydrogen-bond donors (Lipinski definition) is 2. The van der Waals surface area contributed by atoms with Crippen molar-refractivity contribution in [3.8, 4) is 0 Å². The van der Waals surface area contributed by atoms with Crippen molar-refractivity contribution in [2.24, 2.45) is 5.10 Å². The first-order valence-corrected chi connectivity index (χ1v) is 7.44. The van der Waals surface area contributed by atoms with Crippen LogP contribution in [0.1, 0.15) is 5.56 Å². The zero-order valence-corrected chi connectivity index (χ0v) is 13.8. The number of carbonyl (C=O) groups is 2. The molecular weight excluding hydrogens is 361 g/mol. The second-order valence-electron chi connectivity index (χ2n) is 4.33. The van der Waals surface area contributed by atoms with Crippen LogP contribution >= 0.6 is 34.8 Å². The molecule has 8 heteroatoms. The summed E-state index contributed by atoms with van der Waals surface area (Å²) in [5.41, 5.74) is 3.19. The van der Waals surface area contributed by atoms with Gasteiger partial charge in [-0.3, -0.25) is 9.59 Å². The first kappa shape index (κ1) is 17.3. The molecule has 0 aromatic heterocycles. The first-order chi connectivity index (χ1) is 11.0. The van der Waals surface area contributed by atoms with Crippen LogP contribution in [0.25, 0.3) is 0 Å². The van der Waals surface area contributed by atoms with Gasteiger partial charge in [0.25, 0.3) is 0 Å². The predicted octanol–water partition coefficient (Wildman–Crippen LogP) is 3.74. The molecule has 2 rings (SSSR count). The number of rotatable bonds is 3. The lowest BCUT2D eigenvalue weighted by Crippen LogP contribution is -2.32. The van der Waals surface area contributed by atoms with Crippen molar-refractivity contribution in [2.75, 3.05) is 5.32 Å². The number of benzene rings is 2. The highest BCUT2D eigenvalue weighted by molar-refractivity contribution is 6.43. The predicted molar refractivity (Wildman–Crippen MR) is 92.3 cm³/mol. The zero-order chi connectivity index (χ0) is 16.8. The molecule has 0 aliphatic heterocycles. The standard InChI is InChI=1S/C15H10Cl3N3O2/c16-10-3-1-9(2-4-10)8-19-21-15(23)14(22)20-11-5-6-12(17)13(18)7-11/h1-8H,(H,20,22)(H,21,23)/b19-8+. The van der Waals surface area contributed by atoms with Crippen molar-refractivity contribution in [1.29, 1.82) is 0 Å². The van der Waals surface area contributed by atoms with Gasteiger partial charge >= 0.3 is 11.8 Å². The maximum Gasteiger partial charge on any atom is 0.329 e. The molecule has 0 unspecified atom stereocenters. The first-order valence-electron chi connectivity index (χ1n) is 6.31. The minimum Gasteiger partial charge on any atom is -0.318 e. The Morgan fingerprint density at radius 2 is 1.61 bits per heavy atom. The smallest absolute Gasteiger partial charge is 0.318 e. The highest BCUT2D eigenvalue weighted by atomic mass is 35.5. The van der Waals surface area contributed by atoms with Crippen LogP contribution in [0.15, 0.2) is 47.6 Å². The van der Waals surface area contributed by atoms with Crippen molar-refractivity contribution in [3.63, 3.8) is 0 Å². The van der Waals surface area contributed by atoms with E-state index < -0.39 is 11.8 Å². The van der Waals surface area contributed by atoms with Crippen LogP contribution < -0.4 is 10.7 Å². The fourth-order valence-electron chi connectivity index (χ4n) is 1.53. The van der Waals surface area contributed by atoms with Crippen LogP contribution in [0.3, 0.4) is 0 Å². The molecule has 2 aromatic rings. The van der Waals surface area contributed by atoms with Crippen LogP contribution in [0.2, 0.25) is 15.1 Å². The molecule has 2 amide bonds. The number of carbonyl (C=O) groups excluding carboxylic acids is 2. The Morgan fingerprint density at radius 1 is 0.913 bits per heavy atom. The molecule has 2 N–H and O–H groups in total. The summed E-state index contributed by atoms with van der Waals surface area (Å²) in [6.45, 7) is 0. The van der Waals surface area contributed by atoms with Gasteiger partial charge in [-0.15, -0.1) is 0 Å². The van der Waals surface area contributed by atoms with E-state index in [0.29, 0.717) is 15.7 Å². The highest BCUT2D eigenvalue weighted by Crippen LogP contribution is 2.24. The molecule has 0 saturated heterocycles. The van der Waals surface area contributed by atoms with Gasteiger partial charge in [0.1, 0.15) is 0 Å². The summed E-state index contributed by atoms with van der Waals surface area (Å²) in [6.07, 6.45) is 1.39. The summed E-state index contributed by atoms with van der Waals surface area (Å²) in [6, 6.07) is 11.3. The van der Waals surface area contributed by atoms with E-state index in [2.05, 4.69) is 15.8 Å². The van der Waals surface area contributed by atoms with Gasteiger partial charge in [0.2, 0.25) is 0 Å². The zero-order valence-electron chi connectivity index (χ0n) is 11.5. The van der Waals surface area contributed by atoms with E-state index in [9.17, 15) is 9.59 Å². The molecule has 0 aliphatic carbocycles. The van der Waals surface area contributed by atoms with Gasteiger partial charge in [-0.25, -0.2) is 5.43 Å². The van der Waals surface area contributed by atoms with Crippen LogP contribution in [0.5, 0.6) is 0 Å². The molecule has 23 heavy (non-hydrogen) atoms. The van der Waals surface area contributed by atoms with Gasteiger partial charge < -0.3 is 5.32 Å². The molecule has 0 spiro atoms. The molecule has 0 atom stereocenters. The number of amides is 2. The van der Waals surface area contributed by atoms with Crippen LogP contribution in [0, 0.1) is 0 Å². The number of hydrogen-bond acceptors (Lipinski definition) is 3. The largest absolute Gasteiger partial charge is 0.329 e. The topological polar surface area (TPSA) is 70.6 Å². The molecule has 0 radical (unpaired) electrons. The normalized spacial score (nSPS) is 10.6. The molecule has 118 valence electrons. The Balaban J connectivity index is 1.90. The fourth-order valence-corrected chi connectivity index (χ4v) is 1.95. The minimum atomic E-state index is -0.915. The van der Waals surface area contributed by atoms with Crippen molar-refractivity contribution >= 4 is 58.5 Å². The molecule has 0 saturated carbocycles. The number of halogens is 3. The lowest BCUT2D eigenvalue weighted by atomic mass is 10.2. The molecule has 5 nitrogen and oxygen atoms in total. The van der Waals surface area contributed by atoms with E-state index in [0.717, 1.165) is 5.56 Å². The maximum absolute atomic E-state index is 11.7. The number of nitrogens with one attached hydrogen (secondary N) is 2. The van der Waals surface area contributed by atoms with Crippen LogP contribution in [-0.2, 0) is 9.59 Å². The SMILES string of the molecule is O=C(N/N=C/c1ccc(Cl)cc1)C(=O)Nc1ccc(Cl)c(Cl)c1. The third-order valence-electron chi connectivity index (χ3n) is 2.63. The summed E-state index contributed by atoms with van der Waals surface area (Å²) in [7, 11) is 0. The lowest BCUT2D eigenvalue weighted by Gasteiger charge is -2.05. The van der Waals surface area contributed by atoms with Crippen LogP contribution in [0.4, 0.5) is 5.69 Å². The Bertz CT molecular complexity index is 761. The number of anilines is 1. The maximum atomic E-state index is 11.7. The Morgan fingerprint density at radius 3 is 2.26 bits per heavy atom. The van der Waals surface area contributed by atoms with Crippen molar-refractivity contribution < 1.29 is 9.59 Å². The molecule has 0 aliphatic rings. The third-order valence-corrected chi connectivity index (χ3v) is 3.62. The van der Waals surface area contributed by atoms with E-state index in [-0.39, 0.29) is 5.02 Å². The summed E-state index contributed by atoms with van der Waals surface area (Å²) < 4.78 is 0. The Labute approximate surface area is 147 Å². The number of nitrogens with zero attached hydrogens (tertiary/aromatic N) is 1. The van der Waals surface area contributed by atoms with Gasteiger partial charge in [0.05, 0.1) is 16.3 Å². The lowest BCUT2D eigenvalue weighted by molar-refractivity contribution is -0.136. The summed E-state index contributed by atoms with van der Waals surface area (Å²) in [5.74, 6) is -1.79. The van der Waals surface area contributed by atoms with Gasteiger partial charge in [0, 0.05) is 10.7 Å². The summed E-state index contributed by atoms with van der Waals surface area (Å²) in [4.78, 5) is 23.3. The second-order valence-corrected chi connectivity index (χ2v) is 5.58. The monoisotopic (exact) mass is 369 g/mol. The quantitative estimate of drug-likeness (QED) is 0.491. The molecule has 0 bridgehead atoms. The van der Waals surface area contributed by atoms with E-state index in [1.807, 2.05) is 0 Å². The van der Waals surface area contributed by atoms with Gasteiger partial charge in [-0.2, -0.15) is 5.10 Å². The van der Waals surface area contributed by atoms with Crippen molar-refractivity contribution in [2.45, 2.75) is 0 Å². The van der Waals surface area contributed by atoms with Crippen molar-refractivity contribution in [1.82, 2.24) is 5.43 Å². The van der Waals surface area contributed by atoms with E-state index >= 15 is 0 Å². The molecule has 2 aromatic carbocycles. The van der Waals surface area contributed by atoms with E-state index in [1.54, 1.807) is 24.3 Å². The molecule has 0 heterocycles. The van der Waals surface area contributed by atoms with E-state index in [1.165, 1.54) is 24.4 Å². The highest BCUT2D eigenvalue weighted by Gasteiger charge is 2.13. The van der Waals surface area contributed by atoms with Crippen LogP contribution in [-0.4, -0.2) is 18.0 Å². The van der Waals surface area contributed by atoms with Gasteiger partial charge in [0.15, 0.2) is 0 Å². The Hall–Kier alpha value is -2.08. The minimum absolute atomic E-state index is 0.269. The summed E-state index contributed by atoms with van der Waals surface area (Å²) >= 11 is 17.3. The van der Waals surface area contributed by atoms with Gasteiger partial charge in [-0.1, -0.05) is 46.9 Å². The van der Waals surface area contributed by atoms with Gasteiger partial charge in [-0.05, 0) is 35.9 Å². The van der Waals surface area contributed by atoms with Crippen molar-refractivity contribution in [3.05, 3.63) is 63.1 Å². The fraction of sp³-hybridized carbons (Fsp3) is 0. The van der Waals surface area contributed by atoms with E-state index in [4.69, 9.17) is 34.8 Å².